The Kier molecular flexibility index (Phi) is 7.33. The van der Waals surface area contributed by atoms with E-state index in [0.717, 1.165) is 28.3 Å². The van der Waals surface area contributed by atoms with E-state index in [1.54, 1.807) is 19.9 Å². The lowest BCUT2D eigenvalue weighted by atomic mass is 10.0. The molecule has 3 rings (SSSR count). The second-order valence-corrected chi connectivity index (χ2v) is 12.9. The number of benzene rings is 2. The lowest BCUT2D eigenvalue weighted by molar-refractivity contribution is 0.102. The zero-order chi connectivity index (χ0) is 24.6. The van der Waals surface area contributed by atoms with Crippen molar-refractivity contribution in [3.05, 3.63) is 53.1 Å². The quantitative estimate of drug-likeness (QED) is 0.665. The van der Waals surface area contributed by atoms with Gasteiger partial charge in [-0.2, -0.15) is 4.31 Å². The van der Waals surface area contributed by atoms with Gasteiger partial charge in [0.15, 0.2) is 0 Å². The van der Waals surface area contributed by atoms with Crippen LogP contribution in [0.5, 0.6) is 0 Å². The van der Waals surface area contributed by atoms with Crippen molar-refractivity contribution in [2.45, 2.75) is 43.4 Å². The smallest absolute Gasteiger partial charge is 0.255 e. The van der Waals surface area contributed by atoms with Crippen LogP contribution in [0.15, 0.2) is 46.2 Å². The molecule has 1 amide bonds. The van der Waals surface area contributed by atoms with E-state index in [4.69, 9.17) is 0 Å². The van der Waals surface area contributed by atoms with Gasteiger partial charge in [0.2, 0.25) is 20.0 Å². The van der Waals surface area contributed by atoms with Gasteiger partial charge in [-0.05, 0) is 80.1 Å². The van der Waals surface area contributed by atoms with Crippen molar-refractivity contribution in [1.29, 1.82) is 0 Å². The second kappa shape index (κ2) is 9.54. The number of hydrogen-bond acceptors (Lipinski definition) is 5. The van der Waals surface area contributed by atoms with Gasteiger partial charge in [0.25, 0.3) is 5.91 Å². The minimum Gasteiger partial charge on any atom is -0.322 e. The molecule has 180 valence electrons. The average molecular weight is 494 g/mol. The molecule has 10 heteroatoms. The molecule has 8 nitrogen and oxygen atoms in total. The summed E-state index contributed by atoms with van der Waals surface area (Å²) >= 11 is 0. The Morgan fingerprint density at radius 3 is 2.09 bits per heavy atom. The van der Waals surface area contributed by atoms with E-state index in [1.807, 2.05) is 0 Å². The van der Waals surface area contributed by atoms with Gasteiger partial charge in [-0.3, -0.25) is 4.79 Å². The van der Waals surface area contributed by atoms with Gasteiger partial charge in [-0.1, -0.05) is 6.92 Å². The van der Waals surface area contributed by atoms with Crippen molar-refractivity contribution in [2.24, 2.45) is 5.92 Å². The standard InChI is InChI=1S/C23H31N3O5S2/c1-16-10-12-26(13-11-16)33(30,31)20-8-6-19(7-9-20)23(27)24-22-15-21(14-17(2)18(22)3)32(28,29)25(4)5/h6-9,14-16H,10-13H2,1-5H3,(H,24,27). The van der Waals surface area contributed by atoms with E-state index in [9.17, 15) is 21.6 Å². The van der Waals surface area contributed by atoms with E-state index in [1.165, 1.54) is 48.7 Å². The summed E-state index contributed by atoms with van der Waals surface area (Å²) in [6.07, 6.45) is 1.67. The Morgan fingerprint density at radius 2 is 1.55 bits per heavy atom. The molecule has 0 unspecified atom stereocenters. The fourth-order valence-corrected chi connectivity index (χ4v) is 6.15. The second-order valence-electron chi connectivity index (χ2n) is 8.77. The van der Waals surface area contributed by atoms with Crippen LogP contribution in [0.2, 0.25) is 0 Å². The van der Waals surface area contributed by atoms with Crippen LogP contribution in [0.25, 0.3) is 0 Å². The molecule has 0 atom stereocenters. The number of piperidine rings is 1. The van der Waals surface area contributed by atoms with Crippen LogP contribution in [-0.4, -0.2) is 58.5 Å². The van der Waals surface area contributed by atoms with Crippen LogP contribution in [-0.2, 0) is 20.0 Å². The number of rotatable bonds is 6. The molecule has 0 aromatic heterocycles. The molecule has 1 heterocycles. The predicted molar refractivity (Wildman–Crippen MR) is 128 cm³/mol. The summed E-state index contributed by atoms with van der Waals surface area (Å²) in [6, 6.07) is 8.82. The largest absolute Gasteiger partial charge is 0.322 e. The topological polar surface area (TPSA) is 104 Å². The van der Waals surface area contributed by atoms with Crippen molar-refractivity contribution < 1.29 is 21.6 Å². The molecule has 0 bridgehead atoms. The molecule has 1 aliphatic heterocycles. The molecule has 0 saturated carbocycles. The van der Waals surface area contributed by atoms with Gasteiger partial charge in [0.1, 0.15) is 0 Å². The van der Waals surface area contributed by atoms with Crippen LogP contribution < -0.4 is 5.32 Å². The normalized spacial score (nSPS) is 16.2. The number of amides is 1. The molecule has 2 aromatic carbocycles. The maximum absolute atomic E-state index is 12.9. The highest BCUT2D eigenvalue weighted by Crippen LogP contribution is 2.27. The molecule has 0 aliphatic carbocycles. The summed E-state index contributed by atoms with van der Waals surface area (Å²) in [5.41, 5.74) is 2.14. The average Bonchev–Trinajstić information content (AvgIpc) is 2.76. The molecular formula is C23H31N3O5S2. The van der Waals surface area contributed by atoms with E-state index >= 15 is 0 Å². The molecule has 2 aromatic rings. The Bertz CT molecular complexity index is 1250. The number of sulfonamides is 2. The zero-order valence-corrected chi connectivity index (χ0v) is 21.3. The lowest BCUT2D eigenvalue weighted by Gasteiger charge is -2.29. The minimum absolute atomic E-state index is 0.0863. The van der Waals surface area contributed by atoms with Crippen LogP contribution in [0.1, 0.15) is 41.3 Å². The third kappa shape index (κ3) is 5.29. The number of aryl methyl sites for hydroxylation is 1. The summed E-state index contributed by atoms with van der Waals surface area (Å²) in [7, 11) is -4.37. The molecule has 0 radical (unpaired) electrons. The van der Waals surface area contributed by atoms with Crippen molar-refractivity contribution in [1.82, 2.24) is 8.61 Å². The van der Waals surface area contributed by atoms with Gasteiger partial charge in [-0.25, -0.2) is 21.1 Å². The van der Waals surface area contributed by atoms with E-state index in [-0.39, 0.29) is 15.4 Å². The van der Waals surface area contributed by atoms with Gasteiger partial charge in [0.05, 0.1) is 9.79 Å². The minimum atomic E-state index is -3.66. The summed E-state index contributed by atoms with van der Waals surface area (Å²) in [6.45, 7) is 6.69. The number of nitrogens with one attached hydrogen (secondary N) is 1. The van der Waals surface area contributed by atoms with E-state index in [0.29, 0.717) is 24.7 Å². The summed E-state index contributed by atoms with van der Waals surface area (Å²) < 4.78 is 53.5. The van der Waals surface area contributed by atoms with Gasteiger partial charge in [0, 0.05) is 38.4 Å². The molecule has 1 fully saturated rings. The van der Waals surface area contributed by atoms with Crippen molar-refractivity contribution in [2.75, 3.05) is 32.5 Å². The van der Waals surface area contributed by atoms with Crippen molar-refractivity contribution in [3.8, 4) is 0 Å². The van der Waals surface area contributed by atoms with E-state index in [2.05, 4.69) is 12.2 Å². The van der Waals surface area contributed by atoms with Crippen molar-refractivity contribution in [3.63, 3.8) is 0 Å². The fraction of sp³-hybridized carbons (Fsp3) is 0.435. The Labute approximate surface area is 196 Å². The molecule has 0 spiro atoms. The summed E-state index contributed by atoms with van der Waals surface area (Å²) in [4.78, 5) is 13.1. The van der Waals surface area contributed by atoms with E-state index < -0.39 is 26.0 Å². The van der Waals surface area contributed by atoms with Gasteiger partial charge >= 0.3 is 0 Å². The fourth-order valence-electron chi connectivity index (χ4n) is 3.66. The highest BCUT2D eigenvalue weighted by Gasteiger charge is 2.28. The van der Waals surface area contributed by atoms with Gasteiger partial charge < -0.3 is 5.32 Å². The Morgan fingerprint density at radius 1 is 0.970 bits per heavy atom. The Balaban J connectivity index is 1.82. The molecule has 1 saturated heterocycles. The maximum Gasteiger partial charge on any atom is 0.255 e. The molecular weight excluding hydrogens is 462 g/mol. The molecule has 1 N–H and O–H groups in total. The SMILES string of the molecule is Cc1cc(S(=O)(=O)N(C)C)cc(NC(=O)c2ccc(S(=O)(=O)N3CCC(C)CC3)cc2)c1C. The predicted octanol–water partition coefficient (Wildman–Crippen LogP) is 3.23. The van der Waals surface area contributed by atoms with Crippen LogP contribution in [0.3, 0.4) is 0 Å². The van der Waals surface area contributed by atoms with Crippen LogP contribution in [0.4, 0.5) is 5.69 Å². The number of carbonyl (C=O) groups excluding carboxylic acids is 1. The third-order valence-corrected chi connectivity index (χ3v) is 9.87. The number of anilines is 1. The first-order valence-electron chi connectivity index (χ1n) is 10.8. The highest BCUT2D eigenvalue weighted by molar-refractivity contribution is 7.89. The first kappa shape index (κ1) is 25.4. The number of carbonyl (C=O) groups is 1. The van der Waals surface area contributed by atoms with Crippen LogP contribution >= 0.6 is 0 Å². The first-order chi connectivity index (χ1) is 15.3. The number of hydrogen-bond donors (Lipinski definition) is 1. The molecule has 1 aliphatic rings. The maximum atomic E-state index is 12.9. The molecule has 33 heavy (non-hydrogen) atoms. The lowest BCUT2D eigenvalue weighted by Crippen LogP contribution is -2.37. The monoisotopic (exact) mass is 493 g/mol. The number of nitrogens with zero attached hydrogens (tertiary/aromatic N) is 2. The summed E-state index contributed by atoms with van der Waals surface area (Å²) in [5, 5.41) is 2.76. The van der Waals surface area contributed by atoms with Crippen LogP contribution in [0, 0.1) is 19.8 Å². The summed E-state index contributed by atoms with van der Waals surface area (Å²) in [5.74, 6) is 0.0634. The zero-order valence-electron chi connectivity index (χ0n) is 19.6. The third-order valence-electron chi connectivity index (χ3n) is 6.16. The Hall–Kier alpha value is -2.27. The highest BCUT2D eigenvalue weighted by atomic mass is 32.2. The first-order valence-corrected chi connectivity index (χ1v) is 13.7. The van der Waals surface area contributed by atoms with Crippen molar-refractivity contribution >= 4 is 31.6 Å². The van der Waals surface area contributed by atoms with Gasteiger partial charge in [-0.15, -0.1) is 0 Å².